The summed E-state index contributed by atoms with van der Waals surface area (Å²) in [5.41, 5.74) is 0.946. The number of likely N-dealkylation sites (N-methyl/N-ethyl adjacent to an activating group) is 1. The van der Waals surface area contributed by atoms with Crippen molar-refractivity contribution in [1.82, 2.24) is 10.2 Å². The van der Waals surface area contributed by atoms with Crippen LogP contribution in [0.15, 0.2) is 24.3 Å². The lowest BCUT2D eigenvalue weighted by Gasteiger charge is -2.23. The van der Waals surface area contributed by atoms with Gasteiger partial charge in [-0.15, -0.1) is 0 Å². The quantitative estimate of drug-likeness (QED) is 0.834. The molecule has 1 unspecified atom stereocenters. The Hall–Kier alpha value is -2.04. The highest BCUT2D eigenvalue weighted by molar-refractivity contribution is 5.85. The van der Waals surface area contributed by atoms with E-state index in [9.17, 15) is 9.59 Å². The number of ether oxygens (including phenoxy) is 1. The Morgan fingerprint density at radius 1 is 1.21 bits per heavy atom. The summed E-state index contributed by atoms with van der Waals surface area (Å²) in [6.45, 7) is 9.97. The number of rotatable bonds is 7. The van der Waals surface area contributed by atoms with Gasteiger partial charge in [0.1, 0.15) is 5.75 Å². The SMILES string of the molecule is CCC(C)c1ccc(OCC(=O)N(C)CC(=O)NC(C)(C)C)cc1. The molecular formula is C19H30N2O3. The molecule has 1 aromatic rings. The molecule has 2 amide bonds. The van der Waals surface area contributed by atoms with Crippen molar-refractivity contribution in [2.45, 2.75) is 52.5 Å². The van der Waals surface area contributed by atoms with Gasteiger partial charge in [-0.3, -0.25) is 9.59 Å². The second-order valence-corrected chi connectivity index (χ2v) is 7.21. The van der Waals surface area contributed by atoms with Crippen molar-refractivity contribution < 1.29 is 14.3 Å². The number of carbonyl (C=O) groups excluding carboxylic acids is 2. The van der Waals surface area contributed by atoms with Crippen LogP contribution >= 0.6 is 0 Å². The predicted octanol–water partition coefficient (Wildman–Crippen LogP) is 2.95. The number of amides is 2. The molecule has 0 radical (unpaired) electrons. The van der Waals surface area contributed by atoms with Crippen LogP contribution in [-0.2, 0) is 9.59 Å². The first-order valence-corrected chi connectivity index (χ1v) is 8.40. The Morgan fingerprint density at radius 3 is 2.29 bits per heavy atom. The van der Waals surface area contributed by atoms with E-state index >= 15 is 0 Å². The van der Waals surface area contributed by atoms with Crippen LogP contribution in [0.3, 0.4) is 0 Å². The van der Waals surface area contributed by atoms with E-state index in [2.05, 4.69) is 19.2 Å². The molecule has 1 rings (SSSR count). The van der Waals surface area contributed by atoms with E-state index < -0.39 is 0 Å². The van der Waals surface area contributed by atoms with Crippen molar-refractivity contribution in [3.8, 4) is 5.75 Å². The van der Waals surface area contributed by atoms with Gasteiger partial charge in [-0.25, -0.2) is 0 Å². The predicted molar refractivity (Wildman–Crippen MR) is 96.2 cm³/mol. The highest BCUT2D eigenvalue weighted by atomic mass is 16.5. The van der Waals surface area contributed by atoms with Crippen molar-refractivity contribution in [3.05, 3.63) is 29.8 Å². The topological polar surface area (TPSA) is 58.6 Å². The molecule has 0 bridgehead atoms. The third kappa shape index (κ3) is 7.02. The van der Waals surface area contributed by atoms with Crippen LogP contribution in [0.2, 0.25) is 0 Å². The third-order valence-electron chi connectivity index (χ3n) is 3.74. The Kier molecular flexibility index (Phi) is 7.26. The molecule has 0 aliphatic heterocycles. The minimum atomic E-state index is -0.311. The summed E-state index contributed by atoms with van der Waals surface area (Å²) in [4.78, 5) is 25.3. The molecule has 0 fully saturated rings. The number of hydrogen-bond donors (Lipinski definition) is 1. The Balaban J connectivity index is 2.46. The smallest absolute Gasteiger partial charge is 0.260 e. The minimum Gasteiger partial charge on any atom is -0.484 e. The van der Waals surface area contributed by atoms with Gasteiger partial charge >= 0.3 is 0 Å². The van der Waals surface area contributed by atoms with Crippen LogP contribution < -0.4 is 10.1 Å². The molecule has 0 spiro atoms. The molecule has 5 nitrogen and oxygen atoms in total. The fraction of sp³-hybridized carbons (Fsp3) is 0.579. The first kappa shape index (κ1) is 20.0. The summed E-state index contributed by atoms with van der Waals surface area (Å²) in [5.74, 6) is 0.748. The van der Waals surface area contributed by atoms with E-state index in [1.54, 1.807) is 7.05 Å². The summed E-state index contributed by atoms with van der Waals surface area (Å²) >= 11 is 0. The van der Waals surface area contributed by atoms with Crippen molar-refractivity contribution in [2.75, 3.05) is 20.2 Å². The summed E-state index contributed by atoms with van der Waals surface area (Å²) in [7, 11) is 1.60. The van der Waals surface area contributed by atoms with E-state index in [-0.39, 0.29) is 30.5 Å². The average molecular weight is 334 g/mol. The first-order chi connectivity index (χ1) is 11.1. The van der Waals surface area contributed by atoms with Gasteiger partial charge in [0, 0.05) is 12.6 Å². The van der Waals surface area contributed by atoms with Crippen molar-refractivity contribution >= 4 is 11.8 Å². The largest absolute Gasteiger partial charge is 0.484 e. The molecule has 134 valence electrons. The van der Waals surface area contributed by atoms with E-state index in [0.29, 0.717) is 11.7 Å². The zero-order valence-corrected chi connectivity index (χ0v) is 15.7. The molecule has 24 heavy (non-hydrogen) atoms. The van der Waals surface area contributed by atoms with E-state index in [0.717, 1.165) is 6.42 Å². The minimum absolute atomic E-state index is 0.0203. The van der Waals surface area contributed by atoms with Crippen LogP contribution in [0, 0.1) is 0 Å². The van der Waals surface area contributed by atoms with Gasteiger partial charge in [-0.05, 0) is 50.8 Å². The molecule has 0 aromatic heterocycles. The van der Waals surface area contributed by atoms with E-state index in [4.69, 9.17) is 4.74 Å². The lowest BCUT2D eigenvalue weighted by Crippen LogP contribution is -2.47. The molecule has 0 aliphatic rings. The van der Waals surface area contributed by atoms with Gasteiger partial charge in [-0.2, -0.15) is 0 Å². The lowest BCUT2D eigenvalue weighted by molar-refractivity contribution is -0.136. The first-order valence-electron chi connectivity index (χ1n) is 8.40. The number of nitrogens with zero attached hydrogens (tertiary/aromatic N) is 1. The Bertz CT molecular complexity index is 547. The zero-order chi connectivity index (χ0) is 18.3. The molecule has 0 saturated heterocycles. The summed E-state index contributed by atoms with van der Waals surface area (Å²) < 4.78 is 5.52. The van der Waals surface area contributed by atoms with Gasteiger partial charge in [0.25, 0.3) is 5.91 Å². The number of carbonyl (C=O) groups is 2. The van der Waals surface area contributed by atoms with Crippen LogP contribution in [0.5, 0.6) is 5.75 Å². The van der Waals surface area contributed by atoms with Gasteiger partial charge in [0.15, 0.2) is 6.61 Å². The summed E-state index contributed by atoms with van der Waals surface area (Å²) in [6, 6.07) is 7.80. The van der Waals surface area contributed by atoms with Crippen molar-refractivity contribution in [1.29, 1.82) is 0 Å². The third-order valence-corrected chi connectivity index (χ3v) is 3.74. The average Bonchev–Trinajstić information content (AvgIpc) is 2.50. The fourth-order valence-corrected chi connectivity index (χ4v) is 2.14. The second kappa shape index (κ2) is 8.71. The maximum absolute atomic E-state index is 12.1. The number of hydrogen-bond acceptors (Lipinski definition) is 3. The molecule has 1 N–H and O–H groups in total. The van der Waals surface area contributed by atoms with Crippen molar-refractivity contribution in [3.63, 3.8) is 0 Å². The van der Waals surface area contributed by atoms with Crippen molar-refractivity contribution in [2.24, 2.45) is 0 Å². The van der Waals surface area contributed by atoms with E-state index in [1.807, 2.05) is 45.0 Å². The van der Waals surface area contributed by atoms with Gasteiger partial charge in [0.2, 0.25) is 5.91 Å². The molecule has 0 heterocycles. The Morgan fingerprint density at radius 2 is 1.79 bits per heavy atom. The maximum Gasteiger partial charge on any atom is 0.260 e. The highest BCUT2D eigenvalue weighted by Crippen LogP contribution is 2.21. The van der Waals surface area contributed by atoms with Crippen LogP contribution in [0.25, 0.3) is 0 Å². The molecule has 5 heteroatoms. The maximum atomic E-state index is 12.1. The number of nitrogens with one attached hydrogen (secondary N) is 1. The van der Waals surface area contributed by atoms with Gasteiger partial charge in [-0.1, -0.05) is 26.0 Å². The normalized spacial score (nSPS) is 12.4. The molecular weight excluding hydrogens is 304 g/mol. The number of benzene rings is 1. The van der Waals surface area contributed by atoms with Crippen LogP contribution in [0.4, 0.5) is 0 Å². The monoisotopic (exact) mass is 334 g/mol. The zero-order valence-electron chi connectivity index (χ0n) is 15.7. The van der Waals surface area contributed by atoms with Crippen LogP contribution in [-0.4, -0.2) is 42.5 Å². The van der Waals surface area contributed by atoms with Crippen LogP contribution in [0.1, 0.15) is 52.5 Å². The highest BCUT2D eigenvalue weighted by Gasteiger charge is 2.18. The second-order valence-electron chi connectivity index (χ2n) is 7.21. The lowest BCUT2D eigenvalue weighted by atomic mass is 9.99. The Labute approximate surface area is 145 Å². The molecule has 0 aliphatic carbocycles. The molecule has 0 saturated carbocycles. The van der Waals surface area contributed by atoms with Gasteiger partial charge < -0.3 is 15.0 Å². The molecule has 1 atom stereocenters. The summed E-state index contributed by atoms with van der Waals surface area (Å²) in [5, 5.41) is 2.83. The van der Waals surface area contributed by atoms with Gasteiger partial charge in [0.05, 0.1) is 6.54 Å². The molecule has 1 aromatic carbocycles. The summed E-state index contributed by atoms with van der Waals surface area (Å²) in [6.07, 6.45) is 1.08. The standard InChI is InChI=1S/C19H30N2O3/c1-7-14(2)15-8-10-16(11-9-15)24-13-18(23)21(6)12-17(22)20-19(3,4)5/h8-11,14H,7,12-13H2,1-6H3,(H,20,22). The fourth-order valence-electron chi connectivity index (χ4n) is 2.14. The van der Waals surface area contributed by atoms with E-state index in [1.165, 1.54) is 10.5 Å².